The lowest BCUT2D eigenvalue weighted by Crippen LogP contribution is -2.37. The molecule has 2 aromatic rings. The summed E-state index contributed by atoms with van der Waals surface area (Å²) in [5, 5.41) is 4.18. The van der Waals surface area contributed by atoms with Gasteiger partial charge in [-0.2, -0.15) is 0 Å². The van der Waals surface area contributed by atoms with Crippen LogP contribution in [0.15, 0.2) is 24.5 Å². The second-order valence-corrected chi connectivity index (χ2v) is 4.52. The number of aromatic nitrogens is 2. The van der Waals surface area contributed by atoms with Gasteiger partial charge in [0.15, 0.2) is 0 Å². The van der Waals surface area contributed by atoms with Crippen molar-refractivity contribution in [1.29, 1.82) is 0 Å². The highest BCUT2D eigenvalue weighted by Gasteiger charge is 2.14. The Labute approximate surface area is 105 Å². The van der Waals surface area contributed by atoms with Crippen LogP contribution in [0.3, 0.4) is 0 Å². The van der Waals surface area contributed by atoms with E-state index in [0.29, 0.717) is 5.82 Å². The molecule has 0 bridgehead atoms. The maximum absolute atomic E-state index is 5.94. The lowest BCUT2D eigenvalue weighted by molar-refractivity contribution is 0.167. The minimum Gasteiger partial charge on any atom is -0.489 e. The summed E-state index contributed by atoms with van der Waals surface area (Å²) in [4.78, 5) is 8.16. The topological polar surface area (TPSA) is 73.1 Å². The largest absolute Gasteiger partial charge is 0.489 e. The predicted molar refractivity (Wildman–Crippen MR) is 70.5 cm³/mol. The molecule has 5 nitrogen and oxygen atoms in total. The quantitative estimate of drug-likeness (QED) is 0.834. The fraction of sp³-hybridized carbons (Fsp3) is 0.385. The zero-order valence-corrected chi connectivity index (χ0v) is 10.1. The van der Waals surface area contributed by atoms with Crippen LogP contribution in [0.1, 0.15) is 12.8 Å². The van der Waals surface area contributed by atoms with Gasteiger partial charge in [-0.15, -0.1) is 0 Å². The molecular weight excluding hydrogens is 228 g/mol. The number of fused-ring (bicyclic) bond motifs is 1. The van der Waals surface area contributed by atoms with E-state index >= 15 is 0 Å². The van der Waals surface area contributed by atoms with Gasteiger partial charge in [-0.05, 0) is 37.6 Å². The molecule has 3 N–H and O–H groups in total. The normalized spacial score (nSPS) is 19.9. The van der Waals surface area contributed by atoms with Gasteiger partial charge in [0.25, 0.3) is 0 Å². The number of nitrogen functional groups attached to an aromatic ring is 1. The SMILES string of the molecule is Nc1ncnc2ccc(O[C@H]3CCCNC3)cc12. The van der Waals surface area contributed by atoms with Gasteiger partial charge in [-0.25, -0.2) is 9.97 Å². The highest BCUT2D eigenvalue weighted by atomic mass is 16.5. The first-order valence-corrected chi connectivity index (χ1v) is 6.20. The number of hydrogen-bond donors (Lipinski definition) is 2. The van der Waals surface area contributed by atoms with Gasteiger partial charge >= 0.3 is 0 Å². The maximum atomic E-state index is 5.94. The number of ether oxygens (including phenoxy) is 1. The Balaban J connectivity index is 1.86. The molecule has 1 aromatic carbocycles. The van der Waals surface area contributed by atoms with Crippen molar-refractivity contribution in [3.8, 4) is 5.75 Å². The first-order chi connectivity index (χ1) is 8.83. The molecule has 0 unspecified atom stereocenters. The summed E-state index contributed by atoms with van der Waals surface area (Å²) >= 11 is 0. The Morgan fingerprint density at radius 2 is 2.28 bits per heavy atom. The van der Waals surface area contributed by atoms with Gasteiger partial charge in [-0.1, -0.05) is 0 Å². The number of benzene rings is 1. The van der Waals surface area contributed by atoms with Gasteiger partial charge in [0, 0.05) is 11.9 Å². The molecule has 2 heterocycles. The number of nitrogens with two attached hydrogens (primary N) is 1. The smallest absolute Gasteiger partial charge is 0.134 e. The van der Waals surface area contributed by atoms with Gasteiger partial charge < -0.3 is 15.8 Å². The maximum Gasteiger partial charge on any atom is 0.134 e. The zero-order chi connectivity index (χ0) is 12.4. The number of rotatable bonds is 2. The summed E-state index contributed by atoms with van der Waals surface area (Å²) in [7, 11) is 0. The van der Waals surface area contributed by atoms with E-state index in [1.807, 2.05) is 18.2 Å². The fourth-order valence-corrected chi connectivity index (χ4v) is 2.24. The second kappa shape index (κ2) is 4.78. The number of anilines is 1. The molecule has 18 heavy (non-hydrogen) atoms. The highest BCUT2D eigenvalue weighted by Crippen LogP contribution is 2.24. The summed E-state index contributed by atoms with van der Waals surface area (Å²) in [6.45, 7) is 1.98. The standard InChI is InChI=1S/C13H16N4O/c14-13-11-6-9(3-4-12(11)16-8-17-13)18-10-2-1-5-15-7-10/h3-4,6,8,10,15H,1-2,5,7H2,(H2,14,16,17)/t10-/m0/s1. The molecule has 1 fully saturated rings. The molecule has 94 valence electrons. The second-order valence-electron chi connectivity index (χ2n) is 4.52. The van der Waals surface area contributed by atoms with Gasteiger partial charge in [0.2, 0.25) is 0 Å². The number of nitrogens with zero attached hydrogens (tertiary/aromatic N) is 2. The minimum absolute atomic E-state index is 0.238. The third-order valence-electron chi connectivity index (χ3n) is 3.19. The van der Waals surface area contributed by atoms with Gasteiger partial charge in [0.1, 0.15) is 24.0 Å². The van der Waals surface area contributed by atoms with Crippen LogP contribution in [0.2, 0.25) is 0 Å². The summed E-state index contributed by atoms with van der Waals surface area (Å²) in [6, 6.07) is 5.77. The Bertz CT molecular complexity index is 552. The molecule has 0 saturated carbocycles. The van der Waals surface area contributed by atoms with Gasteiger partial charge in [0.05, 0.1) is 5.52 Å². The van der Waals surface area contributed by atoms with E-state index in [4.69, 9.17) is 10.5 Å². The van der Waals surface area contributed by atoms with Crippen molar-refractivity contribution in [3.63, 3.8) is 0 Å². The first kappa shape index (κ1) is 11.2. The summed E-state index contributed by atoms with van der Waals surface area (Å²) in [5.74, 6) is 1.32. The van der Waals surface area contributed by atoms with Crippen molar-refractivity contribution >= 4 is 16.7 Å². The van der Waals surface area contributed by atoms with E-state index in [1.54, 1.807) is 0 Å². The molecule has 0 spiro atoms. The van der Waals surface area contributed by atoms with Crippen molar-refractivity contribution in [2.75, 3.05) is 18.8 Å². The third kappa shape index (κ3) is 2.22. The minimum atomic E-state index is 0.238. The third-order valence-corrected chi connectivity index (χ3v) is 3.19. The van der Waals surface area contributed by atoms with Crippen LogP contribution in [-0.2, 0) is 0 Å². The predicted octanol–water partition coefficient (Wildman–Crippen LogP) is 1.34. The Morgan fingerprint density at radius 1 is 1.33 bits per heavy atom. The summed E-state index contributed by atoms with van der Waals surface area (Å²) < 4.78 is 5.94. The molecule has 1 saturated heterocycles. The summed E-state index contributed by atoms with van der Waals surface area (Å²) in [5.41, 5.74) is 6.68. The van der Waals surface area contributed by atoms with Crippen LogP contribution >= 0.6 is 0 Å². The molecule has 3 rings (SSSR count). The van der Waals surface area contributed by atoms with Crippen LogP contribution < -0.4 is 15.8 Å². The lowest BCUT2D eigenvalue weighted by atomic mass is 10.1. The van der Waals surface area contributed by atoms with Crippen molar-refractivity contribution in [1.82, 2.24) is 15.3 Å². The number of hydrogen-bond acceptors (Lipinski definition) is 5. The van der Waals surface area contributed by atoms with E-state index in [-0.39, 0.29) is 6.10 Å². The average molecular weight is 244 g/mol. The number of nitrogens with one attached hydrogen (secondary N) is 1. The Morgan fingerprint density at radius 3 is 3.11 bits per heavy atom. The molecule has 5 heteroatoms. The molecular formula is C13H16N4O. The molecule has 0 radical (unpaired) electrons. The molecule has 1 aliphatic heterocycles. The average Bonchev–Trinajstić information content (AvgIpc) is 2.41. The number of piperidine rings is 1. The molecule has 1 atom stereocenters. The molecule has 0 aliphatic carbocycles. The van der Waals surface area contributed by atoms with E-state index in [2.05, 4.69) is 15.3 Å². The van der Waals surface area contributed by atoms with Crippen LogP contribution in [0, 0.1) is 0 Å². The van der Waals surface area contributed by atoms with Crippen LogP contribution in [-0.4, -0.2) is 29.2 Å². The van der Waals surface area contributed by atoms with Crippen molar-refractivity contribution < 1.29 is 4.74 Å². The van der Waals surface area contributed by atoms with Crippen molar-refractivity contribution in [3.05, 3.63) is 24.5 Å². The highest BCUT2D eigenvalue weighted by molar-refractivity contribution is 5.88. The van der Waals surface area contributed by atoms with E-state index in [1.165, 1.54) is 6.33 Å². The molecule has 1 aliphatic rings. The van der Waals surface area contributed by atoms with Crippen LogP contribution in [0.4, 0.5) is 5.82 Å². The van der Waals surface area contributed by atoms with Crippen molar-refractivity contribution in [2.45, 2.75) is 18.9 Å². The summed E-state index contributed by atoms with van der Waals surface area (Å²) in [6.07, 6.45) is 3.96. The molecule has 1 aromatic heterocycles. The zero-order valence-electron chi connectivity index (χ0n) is 10.1. The lowest BCUT2D eigenvalue weighted by Gasteiger charge is -2.24. The van der Waals surface area contributed by atoms with E-state index < -0.39 is 0 Å². The Hall–Kier alpha value is -1.88. The fourth-order valence-electron chi connectivity index (χ4n) is 2.24. The van der Waals surface area contributed by atoms with E-state index in [0.717, 1.165) is 42.6 Å². The van der Waals surface area contributed by atoms with E-state index in [9.17, 15) is 0 Å². The Kier molecular flexibility index (Phi) is 2.98. The van der Waals surface area contributed by atoms with Crippen LogP contribution in [0.25, 0.3) is 10.9 Å². The first-order valence-electron chi connectivity index (χ1n) is 6.20. The molecule has 0 amide bonds. The van der Waals surface area contributed by atoms with Crippen LogP contribution in [0.5, 0.6) is 5.75 Å². The van der Waals surface area contributed by atoms with Crippen molar-refractivity contribution in [2.24, 2.45) is 0 Å². The van der Waals surface area contributed by atoms with Gasteiger partial charge in [-0.3, -0.25) is 0 Å². The monoisotopic (exact) mass is 244 g/mol.